The van der Waals surface area contributed by atoms with Crippen LogP contribution in [0, 0.1) is 0 Å². The van der Waals surface area contributed by atoms with Gasteiger partial charge in [0.25, 0.3) is 0 Å². The smallest absolute Gasteiger partial charge is 0.166 e. The highest BCUT2D eigenvalue weighted by Gasteiger charge is 2.37. The number of hydrogen-bond acceptors (Lipinski definition) is 4. The molecule has 4 heterocycles. The Morgan fingerprint density at radius 1 is 0.407 bits per heavy atom. The molecule has 0 fully saturated rings. The lowest BCUT2D eigenvalue weighted by molar-refractivity contribution is 0.674. The number of aromatic nitrogens is 4. The van der Waals surface area contributed by atoms with Gasteiger partial charge in [-0.2, -0.15) is 0 Å². The van der Waals surface area contributed by atoms with Crippen molar-refractivity contribution in [2.45, 2.75) is 13.1 Å². The van der Waals surface area contributed by atoms with Crippen LogP contribution in [0.25, 0.3) is 106 Å². The molecule has 0 N–H and O–H groups in total. The van der Waals surface area contributed by atoms with Gasteiger partial charge in [0.1, 0.15) is 19.2 Å². The van der Waals surface area contributed by atoms with E-state index in [0.717, 1.165) is 77.2 Å². The summed E-state index contributed by atoms with van der Waals surface area (Å²) in [6, 6.07) is 64.3. The minimum Gasteiger partial charge on any atom is -0.455 e. The fraction of sp³-hybridized carbons (Fsp3) is 0.0377. The van der Waals surface area contributed by atoms with Crippen molar-refractivity contribution in [3.8, 4) is 62.1 Å². The monoisotopic (exact) mass is 772 g/mol. The minimum absolute atomic E-state index is 0.619. The molecule has 3 aromatic heterocycles. The van der Waals surface area contributed by atoms with Gasteiger partial charge in [0.2, 0.25) is 0 Å². The topological polar surface area (TPSA) is 56.7 Å². The highest BCUT2D eigenvalue weighted by molar-refractivity contribution is 7.03. The fourth-order valence-corrected chi connectivity index (χ4v) is 12.6. The van der Waals surface area contributed by atoms with Crippen LogP contribution < -0.4 is 10.4 Å². The van der Waals surface area contributed by atoms with Crippen molar-refractivity contribution in [1.29, 1.82) is 0 Å². The maximum atomic E-state index is 6.98. The maximum Gasteiger partial charge on any atom is 0.166 e. The molecule has 0 bridgehead atoms. The van der Waals surface area contributed by atoms with Crippen molar-refractivity contribution in [1.82, 2.24) is 19.5 Å². The van der Waals surface area contributed by atoms with E-state index in [-0.39, 0.29) is 0 Å². The van der Waals surface area contributed by atoms with Gasteiger partial charge in [0.15, 0.2) is 17.5 Å². The van der Waals surface area contributed by atoms with Crippen LogP contribution in [0.3, 0.4) is 0 Å². The largest absolute Gasteiger partial charge is 0.455 e. The van der Waals surface area contributed by atoms with Crippen molar-refractivity contribution < 1.29 is 4.42 Å². The van der Waals surface area contributed by atoms with E-state index in [4.69, 9.17) is 19.4 Å². The van der Waals surface area contributed by atoms with Gasteiger partial charge in [-0.1, -0.05) is 165 Å². The number of rotatable bonds is 5. The molecule has 278 valence electrons. The second-order valence-electron chi connectivity index (χ2n) is 16.0. The summed E-state index contributed by atoms with van der Waals surface area (Å²) in [5.74, 6) is 1.92. The quantitative estimate of drug-likeness (QED) is 0.164. The first-order chi connectivity index (χ1) is 29.0. The standard InChI is InChI=1S/C53H36N4OSi/c1-59(2)46-27-14-11-20-37(46)38-29-28-35(32-47(38)59)52-54-51(34-18-7-4-8-19-34)55-53(56-52)42-22-10-13-26-44(42)57-43-25-12-9-21-41(43)48-45(57)31-30-40-39-24-15-23-36(49(39)58-50(40)48)33-16-5-3-6-17-33/h3-32H,1-2H3. The number of benzene rings is 8. The molecule has 1 aliphatic heterocycles. The molecule has 0 amide bonds. The van der Waals surface area contributed by atoms with E-state index >= 15 is 0 Å². The molecule has 0 saturated heterocycles. The van der Waals surface area contributed by atoms with Crippen molar-refractivity contribution in [3.63, 3.8) is 0 Å². The third-order valence-corrected chi connectivity index (χ3v) is 15.8. The molecule has 0 radical (unpaired) electrons. The van der Waals surface area contributed by atoms with Gasteiger partial charge in [0, 0.05) is 38.4 Å². The normalized spacial score (nSPS) is 13.1. The number of furan rings is 1. The number of hydrogen-bond donors (Lipinski definition) is 0. The Kier molecular flexibility index (Phi) is 7.31. The first kappa shape index (κ1) is 33.7. The second kappa shape index (κ2) is 12.8. The summed E-state index contributed by atoms with van der Waals surface area (Å²) in [7, 11) is -1.93. The van der Waals surface area contributed by atoms with Gasteiger partial charge in [-0.3, -0.25) is 0 Å². The Morgan fingerprint density at radius 2 is 1.02 bits per heavy atom. The average molecular weight is 773 g/mol. The van der Waals surface area contributed by atoms with Gasteiger partial charge in [-0.15, -0.1) is 0 Å². The van der Waals surface area contributed by atoms with Crippen LogP contribution in [-0.2, 0) is 0 Å². The molecule has 0 saturated carbocycles. The molecule has 11 aromatic rings. The zero-order valence-electron chi connectivity index (χ0n) is 32.5. The third-order valence-electron chi connectivity index (χ3n) is 12.3. The molecule has 0 aliphatic carbocycles. The van der Waals surface area contributed by atoms with Crippen LogP contribution in [0.4, 0.5) is 0 Å². The molecule has 6 heteroatoms. The predicted molar refractivity (Wildman–Crippen MR) is 245 cm³/mol. The predicted octanol–water partition coefficient (Wildman–Crippen LogP) is 12.3. The second-order valence-corrected chi connectivity index (χ2v) is 20.3. The Hall–Kier alpha value is -7.41. The summed E-state index contributed by atoms with van der Waals surface area (Å²) in [5, 5.41) is 7.29. The van der Waals surface area contributed by atoms with Crippen molar-refractivity contribution in [3.05, 3.63) is 182 Å². The van der Waals surface area contributed by atoms with Crippen molar-refractivity contribution in [2.75, 3.05) is 0 Å². The Balaban J connectivity index is 1.08. The molecule has 12 rings (SSSR count). The fourth-order valence-electron chi connectivity index (χ4n) is 9.46. The summed E-state index contributed by atoms with van der Waals surface area (Å²) in [4.78, 5) is 15.7. The van der Waals surface area contributed by atoms with E-state index in [1.54, 1.807) is 0 Å². The summed E-state index contributed by atoms with van der Waals surface area (Å²) in [5.41, 5.74) is 12.6. The van der Waals surface area contributed by atoms with Crippen molar-refractivity contribution in [2.24, 2.45) is 0 Å². The van der Waals surface area contributed by atoms with E-state index in [1.807, 2.05) is 24.3 Å². The van der Waals surface area contributed by atoms with Gasteiger partial charge < -0.3 is 8.98 Å². The highest BCUT2D eigenvalue weighted by Crippen LogP contribution is 2.44. The molecule has 59 heavy (non-hydrogen) atoms. The molecule has 0 spiro atoms. The van der Waals surface area contributed by atoms with Gasteiger partial charge in [-0.25, -0.2) is 15.0 Å². The first-order valence-electron chi connectivity index (χ1n) is 20.1. The zero-order valence-corrected chi connectivity index (χ0v) is 33.5. The lowest BCUT2D eigenvalue weighted by Gasteiger charge is -2.19. The molecule has 8 aromatic carbocycles. The minimum atomic E-state index is -1.93. The van der Waals surface area contributed by atoms with Crippen LogP contribution in [0.2, 0.25) is 13.1 Å². The lowest BCUT2D eigenvalue weighted by atomic mass is 10.0. The summed E-state index contributed by atoms with van der Waals surface area (Å²) >= 11 is 0. The number of para-hydroxylation sites is 3. The molecule has 0 atom stereocenters. The van der Waals surface area contributed by atoms with E-state index in [1.165, 1.54) is 21.5 Å². The summed E-state index contributed by atoms with van der Waals surface area (Å²) in [6.45, 7) is 4.89. The SMILES string of the molecule is C[Si]1(C)c2ccccc2-c2ccc(-c3nc(-c4ccccc4)nc(-c4ccccc4-n4c5ccccc5c5c6oc7c(-c8ccccc8)cccc7c6ccc54)n3)cc21. The molecule has 0 unspecified atom stereocenters. The van der Waals surface area contributed by atoms with Crippen LogP contribution >= 0.6 is 0 Å². The Morgan fingerprint density at radius 3 is 1.85 bits per heavy atom. The number of fused-ring (bicyclic) bond motifs is 10. The maximum absolute atomic E-state index is 6.98. The molecule has 1 aliphatic rings. The van der Waals surface area contributed by atoms with E-state index in [2.05, 4.69) is 175 Å². The molecular formula is C53H36N4OSi. The Labute approximate surface area is 341 Å². The van der Waals surface area contributed by atoms with Crippen LogP contribution in [-0.4, -0.2) is 27.6 Å². The van der Waals surface area contributed by atoms with Crippen LogP contribution in [0.5, 0.6) is 0 Å². The van der Waals surface area contributed by atoms with Gasteiger partial charge in [0.05, 0.1) is 22.1 Å². The molecular weight excluding hydrogens is 737 g/mol. The number of nitrogens with zero attached hydrogens (tertiary/aromatic N) is 4. The van der Waals surface area contributed by atoms with E-state index in [9.17, 15) is 0 Å². The first-order valence-corrected chi connectivity index (χ1v) is 23.1. The third kappa shape index (κ3) is 5.06. The lowest BCUT2D eigenvalue weighted by Crippen LogP contribution is -2.49. The van der Waals surface area contributed by atoms with E-state index in [0.29, 0.717) is 17.5 Å². The van der Waals surface area contributed by atoms with Gasteiger partial charge >= 0.3 is 0 Å². The molecule has 5 nitrogen and oxygen atoms in total. The zero-order chi connectivity index (χ0) is 39.2. The summed E-state index contributed by atoms with van der Waals surface area (Å²) in [6.07, 6.45) is 0. The Bertz CT molecular complexity index is 3480. The average Bonchev–Trinajstić information content (AvgIpc) is 3.92. The van der Waals surface area contributed by atoms with Crippen LogP contribution in [0.15, 0.2) is 186 Å². The van der Waals surface area contributed by atoms with Gasteiger partial charge in [-0.05, 0) is 57.4 Å². The van der Waals surface area contributed by atoms with E-state index < -0.39 is 8.07 Å². The summed E-state index contributed by atoms with van der Waals surface area (Å²) < 4.78 is 9.32. The van der Waals surface area contributed by atoms with Crippen LogP contribution in [0.1, 0.15) is 0 Å². The van der Waals surface area contributed by atoms with Crippen molar-refractivity contribution >= 4 is 62.2 Å². The highest BCUT2D eigenvalue weighted by atomic mass is 28.3.